The third-order valence-corrected chi connectivity index (χ3v) is 3.05. The molecule has 0 saturated carbocycles. The number of hydrogen-bond donors (Lipinski definition) is 0. The van der Waals surface area contributed by atoms with Crippen LogP contribution in [-0.4, -0.2) is 4.98 Å². The first-order valence-electron chi connectivity index (χ1n) is 3.54. The summed E-state index contributed by atoms with van der Waals surface area (Å²) < 4.78 is 0. The second-order valence-corrected chi connectivity index (χ2v) is 4.05. The summed E-state index contributed by atoms with van der Waals surface area (Å²) >= 11 is 13.1. The first kappa shape index (κ1) is 9.00. The van der Waals surface area contributed by atoms with E-state index in [0.717, 1.165) is 10.6 Å². The highest BCUT2D eigenvalue weighted by Crippen LogP contribution is 2.29. The summed E-state index contributed by atoms with van der Waals surface area (Å²) in [5, 5.41) is 4.93. The van der Waals surface area contributed by atoms with E-state index in [4.69, 9.17) is 23.2 Å². The molecule has 1 radical (unpaired) electrons. The van der Waals surface area contributed by atoms with Crippen LogP contribution in [0.4, 0.5) is 0 Å². The number of rotatable bonds is 1. The van der Waals surface area contributed by atoms with Gasteiger partial charge < -0.3 is 0 Å². The van der Waals surface area contributed by atoms with Gasteiger partial charge in [0.25, 0.3) is 0 Å². The number of halogens is 2. The smallest absolute Gasteiger partial charge is 0.123 e. The predicted molar refractivity (Wildman–Crippen MR) is 56.4 cm³/mol. The fourth-order valence-corrected chi connectivity index (χ4v) is 1.82. The maximum atomic E-state index is 5.87. The highest BCUT2D eigenvalue weighted by Gasteiger charge is 2.03. The molecule has 0 aliphatic rings. The minimum atomic E-state index is 0.550. The first-order chi connectivity index (χ1) is 6.27. The van der Waals surface area contributed by atoms with Gasteiger partial charge in [0.1, 0.15) is 5.01 Å². The van der Waals surface area contributed by atoms with Crippen molar-refractivity contribution in [2.75, 3.05) is 0 Å². The van der Waals surface area contributed by atoms with Gasteiger partial charge >= 0.3 is 0 Å². The summed E-state index contributed by atoms with van der Waals surface area (Å²) in [6, 6.07) is 5.46. The molecular weight excluding hydrogens is 225 g/mol. The predicted octanol–water partition coefficient (Wildman–Crippen LogP) is 3.92. The minimum absolute atomic E-state index is 0.550. The minimum Gasteiger partial charge on any atom is -0.244 e. The topological polar surface area (TPSA) is 12.9 Å². The molecule has 2 aromatic rings. The van der Waals surface area contributed by atoms with Crippen LogP contribution in [0.5, 0.6) is 0 Å². The maximum Gasteiger partial charge on any atom is 0.123 e. The number of benzene rings is 1. The van der Waals surface area contributed by atoms with Crippen LogP contribution in [0, 0.1) is 5.38 Å². The van der Waals surface area contributed by atoms with Crippen LogP contribution in [0.25, 0.3) is 10.6 Å². The quantitative estimate of drug-likeness (QED) is 0.722. The summed E-state index contributed by atoms with van der Waals surface area (Å²) in [5.41, 5.74) is 0.973. The van der Waals surface area contributed by atoms with E-state index < -0.39 is 0 Å². The van der Waals surface area contributed by atoms with Crippen molar-refractivity contribution in [2.45, 2.75) is 0 Å². The van der Waals surface area contributed by atoms with Gasteiger partial charge in [0.15, 0.2) is 0 Å². The molecule has 4 heteroatoms. The molecule has 0 saturated heterocycles. The Labute approximate surface area is 90.0 Å². The van der Waals surface area contributed by atoms with Gasteiger partial charge in [-0.1, -0.05) is 29.3 Å². The number of thiazole rings is 1. The van der Waals surface area contributed by atoms with E-state index in [1.807, 2.05) is 6.07 Å². The lowest BCUT2D eigenvalue weighted by Gasteiger charge is -1.98. The molecule has 1 heterocycles. The molecule has 1 aromatic carbocycles. The van der Waals surface area contributed by atoms with E-state index in [2.05, 4.69) is 10.4 Å². The van der Waals surface area contributed by atoms with E-state index >= 15 is 0 Å². The Morgan fingerprint density at radius 3 is 2.69 bits per heavy atom. The van der Waals surface area contributed by atoms with Crippen molar-refractivity contribution in [3.05, 3.63) is 39.8 Å². The molecule has 0 aliphatic heterocycles. The summed E-state index contributed by atoms with van der Waals surface area (Å²) in [7, 11) is 0. The molecule has 1 nitrogen and oxygen atoms in total. The largest absolute Gasteiger partial charge is 0.244 e. The lowest BCUT2D eigenvalue weighted by Crippen LogP contribution is -1.75. The van der Waals surface area contributed by atoms with Crippen LogP contribution in [0.15, 0.2) is 24.4 Å². The van der Waals surface area contributed by atoms with Gasteiger partial charge in [-0.05, 0) is 12.1 Å². The normalized spacial score (nSPS) is 10.3. The van der Waals surface area contributed by atoms with E-state index in [-0.39, 0.29) is 0 Å². The highest BCUT2D eigenvalue weighted by molar-refractivity contribution is 7.12. The van der Waals surface area contributed by atoms with Crippen molar-refractivity contribution in [3.8, 4) is 10.6 Å². The average Bonchev–Trinajstić information content (AvgIpc) is 2.62. The average molecular weight is 229 g/mol. The van der Waals surface area contributed by atoms with Crippen molar-refractivity contribution >= 4 is 34.5 Å². The van der Waals surface area contributed by atoms with Crippen LogP contribution in [0.1, 0.15) is 0 Å². The van der Waals surface area contributed by atoms with Gasteiger partial charge in [0.05, 0.1) is 15.4 Å². The molecule has 2 rings (SSSR count). The molecule has 65 valence electrons. The zero-order valence-electron chi connectivity index (χ0n) is 6.42. The van der Waals surface area contributed by atoms with Crippen molar-refractivity contribution in [3.63, 3.8) is 0 Å². The van der Waals surface area contributed by atoms with E-state index in [0.29, 0.717) is 10.0 Å². The molecule has 0 aliphatic carbocycles. The molecule has 1 aromatic heterocycles. The molecular formula is C9H4Cl2NS. The SMILES string of the molecule is Clc1ccc(-c2nc[c]s2)cc1Cl. The number of hydrogen-bond acceptors (Lipinski definition) is 2. The Hall–Kier alpha value is -0.570. The Balaban J connectivity index is 2.49. The number of nitrogens with zero attached hydrogens (tertiary/aromatic N) is 1. The van der Waals surface area contributed by atoms with Gasteiger partial charge in [-0.15, -0.1) is 11.3 Å². The third-order valence-electron chi connectivity index (χ3n) is 1.56. The fraction of sp³-hybridized carbons (Fsp3) is 0. The van der Waals surface area contributed by atoms with Crippen LogP contribution in [-0.2, 0) is 0 Å². The van der Waals surface area contributed by atoms with Crippen LogP contribution in [0.3, 0.4) is 0 Å². The van der Waals surface area contributed by atoms with Gasteiger partial charge in [0, 0.05) is 11.8 Å². The Bertz CT molecular complexity index is 412. The van der Waals surface area contributed by atoms with Crippen molar-refractivity contribution in [2.24, 2.45) is 0 Å². The van der Waals surface area contributed by atoms with Crippen molar-refractivity contribution < 1.29 is 0 Å². The molecule has 0 amide bonds. The summed E-state index contributed by atoms with van der Waals surface area (Å²) in [5.74, 6) is 0. The van der Waals surface area contributed by atoms with E-state index in [9.17, 15) is 0 Å². The van der Waals surface area contributed by atoms with Crippen LogP contribution >= 0.6 is 34.5 Å². The lowest BCUT2D eigenvalue weighted by atomic mass is 10.2. The molecule has 0 spiro atoms. The van der Waals surface area contributed by atoms with Gasteiger partial charge in [-0.3, -0.25) is 0 Å². The second kappa shape index (κ2) is 3.66. The monoisotopic (exact) mass is 228 g/mol. The standard InChI is InChI=1S/C9H4Cl2NS/c10-7-2-1-6(5-8(7)11)9-12-3-4-13-9/h1-3,5H. The molecule has 0 fully saturated rings. The van der Waals surface area contributed by atoms with Crippen LogP contribution in [0.2, 0.25) is 10.0 Å². The molecule has 0 bridgehead atoms. The molecule has 0 unspecified atom stereocenters. The lowest BCUT2D eigenvalue weighted by molar-refractivity contribution is 1.41. The molecule has 0 atom stereocenters. The van der Waals surface area contributed by atoms with Crippen molar-refractivity contribution in [1.29, 1.82) is 0 Å². The summed E-state index contributed by atoms with van der Waals surface area (Å²) in [6.45, 7) is 0. The van der Waals surface area contributed by atoms with E-state index in [1.54, 1.807) is 18.3 Å². The molecule has 0 N–H and O–H groups in total. The van der Waals surface area contributed by atoms with Gasteiger partial charge in [0.2, 0.25) is 0 Å². The van der Waals surface area contributed by atoms with Crippen molar-refractivity contribution in [1.82, 2.24) is 4.98 Å². The summed E-state index contributed by atoms with van der Waals surface area (Å²) in [4.78, 5) is 4.12. The van der Waals surface area contributed by atoms with Gasteiger partial charge in [-0.2, -0.15) is 0 Å². The zero-order valence-corrected chi connectivity index (χ0v) is 8.75. The Morgan fingerprint density at radius 1 is 1.23 bits per heavy atom. The molecule has 13 heavy (non-hydrogen) atoms. The number of aromatic nitrogens is 1. The summed E-state index contributed by atoms with van der Waals surface area (Å²) in [6.07, 6.45) is 1.64. The third kappa shape index (κ3) is 1.85. The van der Waals surface area contributed by atoms with E-state index in [1.165, 1.54) is 11.3 Å². The zero-order chi connectivity index (χ0) is 9.26. The first-order valence-corrected chi connectivity index (χ1v) is 5.12. The van der Waals surface area contributed by atoms with Crippen LogP contribution < -0.4 is 0 Å². The van der Waals surface area contributed by atoms with Gasteiger partial charge in [-0.25, -0.2) is 4.98 Å². The fourth-order valence-electron chi connectivity index (χ4n) is 0.956. The second-order valence-electron chi connectivity index (χ2n) is 2.41. The highest BCUT2D eigenvalue weighted by atomic mass is 35.5. The Morgan fingerprint density at radius 2 is 2.08 bits per heavy atom. The maximum absolute atomic E-state index is 5.87. The Kier molecular flexibility index (Phi) is 2.54.